The van der Waals surface area contributed by atoms with E-state index < -0.39 is 6.10 Å². The van der Waals surface area contributed by atoms with E-state index in [0.29, 0.717) is 19.4 Å². The molecule has 0 spiro atoms. The van der Waals surface area contributed by atoms with Gasteiger partial charge in [0.1, 0.15) is 5.76 Å². The molecule has 1 rings (SSSR count). The molecular weight excluding hydrogens is 206 g/mol. The van der Waals surface area contributed by atoms with Crippen molar-refractivity contribution in [3.63, 3.8) is 0 Å². The van der Waals surface area contributed by atoms with Gasteiger partial charge in [0.25, 0.3) is 0 Å². The van der Waals surface area contributed by atoms with E-state index in [0.717, 1.165) is 11.3 Å². The molecule has 0 aliphatic rings. The van der Waals surface area contributed by atoms with Gasteiger partial charge in [0, 0.05) is 25.6 Å². The van der Waals surface area contributed by atoms with Crippen LogP contribution < -0.4 is 0 Å². The van der Waals surface area contributed by atoms with Gasteiger partial charge in [-0.15, -0.1) is 0 Å². The maximum atomic E-state index is 11.7. The van der Waals surface area contributed by atoms with E-state index in [1.54, 1.807) is 25.1 Å². The minimum atomic E-state index is -0.423. The van der Waals surface area contributed by atoms with Crippen LogP contribution in [0.5, 0.6) is 0 Å². The maximum absolute atomic E-state index is 11.7. The van der Waals surface area contributed by atoms with Gasteiger partial charge in [0.15, 0.2) is 0 Å². The zero-order chi connectivity index (χ0) is 12.1. The smallest absolute Gasteiger partial charge is 0.222 e. The van der Waals surface area contributed by atoms with E-state index in [1.807, 2.05) is 13.0 Å². The fraction of sp³-hybridized carbons (Fsp3) is 0.583. The van der Waals surface area contributed by atoms with Gasteiger partial charge in [0.05, 0.1) is 12.4 Å². The maximum Gasteiger partial charge on any atom is 0.222 e. The molecule has 1 aromatic heterocycles. The lowest BCUT2D eigenvalue weighted by Gasteiger charge is -2.17. The van der Waals surface area contributed by atoms with Crippen molar-refractivity contribution in [2.24, 2.45) is 0 Å². The molecule has 4 nitrogen and oxygen atoms in total. The number of nitrogens with zero attached hydrogens (tertiary/aromatic N) is 1. The van der Waals surface area contributed by atoms with Crippen LogP contribution in [-0.2, 0) is 11.3 Å². The Hall–Kier alpha value is -1.29. The van der Waals surface area contributed by atoms with Crippen LogP contribution in [0, 0.1) is 6.92 Å². The van der Waals surface area contributed by atoms with Crippen LogP contribution in [0.4, 0.5) is 0 Å². The van der Waals surface area contributed by atoms with E-state index in [9.17, 15) is 4.79 Å². The molecule has 1 N–H and O–H groups in total. The molecular formula is C12H19NO3. The lowest BCUT2D eigenvalue weighted by molar-refractivity contribution is -0.131. The van der Waals surface area contributed by atoms with E-state index in [4.69, 9.17) is 9.52 Å². The van der Waals surface area contributed by atoms with Crippen LogP contribution in [0.2, 0.25) is 0 Å². The van der Waals surface area contributed by atoms with Crippen molar-refractivity contribution >= 4 is 5.91 Å². The topological polar surface area (TPSA) is 53.7 Å². The van der Waals surface area contributed by atoms with E-state index in [1.165, 1.54) is 0 Å². The molecule has 0 aliphatic heterocycles. The highest BCUT2D eigenvalue weighted by Gasteiger charge is 2.12. The number of furan rings is 1. The molecule has 1 amide bonds. The molecule has 0 bridgehead atoms. The Morgan fingerprint density at radius 3 is 2.81 bits per heavy atom. The van der Waals surface area contributed by atoms with Crippen LogP contribution >= 0.6 is 0 Å². The number of aliphatic hydroxyl groups excluding tert-OH is 1. The van der Waals surface area contributed by atoms with E-state index in [2.05, 4.69) is 0 Å². The fourth-order valence-electron chi connectivity index (χ4n) is 1.44. The van der Waals surface area contributed by atoms with Gasteiger partial charge >= 0.3 is 0 Å². The summed E-state index contributed by atoms with van der Waals surface area (Å²) < 4.78 is 5.17. The van der Waals surface area contributed by atoms with Gasteiger partial charge < -0.3 is 14.4 Å². The summed E-state index contributed by atoms with van der Waals surface area (Å²) in [6.45, 7) is 4.12. The van der Waals surface area contributed by atoms with Gasteiger partial charge in [-0.2, -0.15) is 0 Å². The second kappa shape index (κ2) is 5.70. The Morgan fingerprint density at radius 1 is 1.62 bits per heavy atom. The van der Waals surface area contributed by atoms with Crippen LogP contribution in [0.3, 0.4) is 0 Å². The lowest BCUT2D eigenvalue weighted by atomic mass is 10.2. The molecule has 1 atom stereocenters. The normalized spacial score (nSPS) is 12.5. The van der Waals surface area contributed by atoms with Gasteiger partial charge in [0.2, 0.25) is 5.91 Å². The van der Waals surface area contributed by atoms with E-state index >= 15 is 0 Å². The van der Waals surface area contributed by atoms with Crippen molar-refractivity contribution in [3.8, 4) is 0 Å². The van der Waals surface area contributed by atoms with Crippen molar-refractivity contribution in [2.75, 3.05) is 7.05 Å². The molecule has 1 unspecified atom stereocenters. The number of amides is 1. The standard InChI is InChI=1S/C12H19NO3/c1-9(14)4-5-12(15)13(3)8-11-6-7-16-10(11)2/h6-7,9,14H,4-5,8H2,1-3H3. The molecule has 1 aromatic rings. The van der Waals surface area contributed by atoms with E-state index in [-0.39, 0.29) is 5.91 Å². The third-order valence-electron chi connectivity index (χ3n) is 2.58. The first-order valence-electron chi connectivity index (χ1n) is 5.45. The summed E-state index contributed by atoms with van der Waals surface area (Å²) in [5.74, 6) is 0.886. The SMILES string of the molecule is Cc1occc1CN(C)C(=O)CCC(C)O. The number of hydrogen-bond acceptors (Lipinski definition) is 3. The predicted molar refractivity (Wildman–Crippen MR) is 60.8 cm³/mol. The first kappa shape index (κ1) is 12.8. The highest BCUT2D eigenvalue weighted by molar-refractivity contribution is 5.75. The number of aryl methyl sites for hydroxylation is 1. The van der Waals surface area contributed by atoms with Gasteiger partial charge in [-0.25, -0.2) is 0 Å². The van der Waals surface area contributed by atoms with Crippen LogP contribution in [0.15, 0.2) is 16.7 Å². The fourth-order valence-corrected chi connectivity index (χ4v) is 1.44. The number of carbonyl (C=O) groups excluding carboxylic acids is 1. The second-order valence-corrected chi connectivity index (χ2v) is 4.14. The molecule has 0 fully saturated rings. The van der Waals surface area contributed by atoms with Crippen LogP contribution in [0.25, 0.3) is 0 Å². The molecule has 0 aromatic carbocycles. The average molecular weight is 225 g/mol. The van der Waals surface area contributed by atoms with Gasteiger partial charge in [-0.05, 0) is 26.3 Å². The molecule has 90 valence electrons. The second-order valence-electron chi connectivity index (χ2n) is 4.14. The minimum absolute atomic E-state index is 0.0431. The molecule has 0 radical (unpaired) electrons. The minimum Gasteiger partial charge on any atom is -0.469 e. The zero-order valence-corrected chi connectivity index (χ0v) is 10.1. The lowest BCUT2D eigenvalue weighted by Crippen LogP contribution is -2.26. The Balaban J connectivity index is 2.43. The summed E-state index contributed by atoms with van der Waals surface area (Å²) in [4.78, 5) is 13.3. The van der Waals surface area contributed by atoms with Crippen molar-refractivity contribution in [1.82, 2.24) is 4.90 Å². The van der Waals surface area contributed by atoms with Crippen molar-refractivity contribution in [3.05, 3.63) is 23.7 Å². The average Bonchev–Trinajstić information content (AvgIpc) is 2.60. The monoisotopic (exact) mass is 225 g/mol. The molecule has 0 aliphatic carbocycles. The number of carbonyl (C=O) groups is 1. The summed E-state index contributed by atoms with van der Waals surface area (Å²) in [5, 5.41) is 9.10. The summed E-state index contributed by atoms with van der Waals surface area (Å²) in [6, 6.07) is 1.87. The third-order valence-corrected chi connectivity index (χ3v) is 2.58. The molecule has 1 heterocycles. The number of rotatable bonds is 5. The Bertz CT molecular complexity index is 344. The molecule has 4 heteroatoms. The highest BCUT2D eigenvalue weighted by atomic mass is 16.3. The van der Waals surface area contributed by atoms with Gasteiger partial charge in [-0.3, -0.25) is 4.79 Å². The Kier molecular flexibility index (Phi) is 4.55. The zero-order valence-electron chi connectivity index (χ0n) is 10.1. The molecule has 0 saturated heterocycles. The summed E-state index contributed by atoms with van der Waals surface area (Å²) in [5.41, 5.74) is 1.02. The number of hydrogen-bond donors (Lipinski definition) is 1. The first-order valence-corrected chi connectivity index (χ1v) is 5.45. The van der Waals surface area contributed by atoms with Crippen molar-refractivity contribution in [1.29, 1.82) is 0 Å². The highest BCUT2D eigenvalue weighted by Crippen LogP contribution is 2.12. The quantitative estimate of drug-likeness (QED) is 0.830. The number of aliphatic hydroxyl groups is 1. The first-order chi connectivity index (χ1) is 7.50. The van der Waals surface area contributed by atoms with Crippen molar-refractivity contribution in [2.45, 2.75) is 39.3 Å². The predicted octanol–water partition coefficient (Wildman–Crippen LogP) is 1.71. The summed E-state index contributed by atoms with van der Waals surface area (Å²) in [7, 11) is 1.76. The molecule has 0 saturated carbocycles. The molecule has 16 heavy (non-hydrogen) atoms. The Labute approximate surface area is 95.9 Å². The van der Waals surface area contributed by atoms with Crippen molar-refractivity contribution < 1.29 is 14.3 Å². The third kappa shape index (κ3) is 3.70. The summed E-state index contributed by atoms with van der Waals surface area (Å²) in [6.07, 6.45) is 2.09. The summed E-state index contributed by atoms with van der Waals surface area (Å²) >= 11 is 0. The van der Waals surface area contributed by atoms with Crippen LogP contribution in [0.1, 0.15) is 31.1 Å². The van der Waals surface area contributed by atoms with Gasteiger partial charge in [-0.1, -0.05) is 0 Å². The Morgan fingerprint density at radius 2 is 2.31 bits per heavy atom. The van der Waals surface area contributed by atoms with Crippen LogP contribution in [-0.4, -0.2) is 29.1 Å². The largest absolute Gasteiger partial charge is 0.469 e.